The summed E-state index contributed by atoms with van der Waals surface area (Å²) < 4.78 is 26.5. The van der Waals surface area contributed by atoms with Crippen LogP contribution in [-0.2, 0) is 0 Å². The Bertz CT molecular complexity index is 1030. The molecule has 0 atom stereocenters. The number of hydrogen-bond acceptors (Lipinski definition) is 4. The SMILES string of the molecule is Cc1cnc2cc(C3CCC(c4cnccc4C(F)F)CC3)c(=O)[nH]c2n1. The smallest absolute Gasteiger partial charge is 0.264 e. The molecule has 1 saturated carbocycles. The first-order chi connectivity index (χ1) is 13.0. The molecule has 1 fully saturated rings. The van der Waals surface area contributed by atoms with E-state index in [9.17, 15) is 13.6 Å². The Morgan fingerprint density at radius 1 is 1.11 bits per heavy atom. The van der Waals surface area contributed by atoms with Crippen molar-refractivity contribution in [1.29, 1.82) is 0 Å². The van der Waals surface area contributed by atoms with Gasteiger partial charge in [-0.3, -0.25) is 14.8 Å². The zero-order chi connectivity index (χ0) is 19.0. The predicted molar refractivity (Wildman–Crippen MR) is 98.0 cm³/mol. The molecular formula is C20H20F2N4O. The van der Waals surface area contributed by atoms with Gasteiger partial charge in [-0.1, -0.05) is 0 Å². The van der Waals surface area contributed by atoms with Gasteiger partial charge in [-0.15, -0.1) is 0 Å². The van der Waals surface area contributed by atoms with Gasteiger partial charge in [0.1, 0.15) is 5.52 Å². The Kier molecular flexibility index (Phi) is 4.68. The monoisotopic (exact) mass is 370 g/mol. The highest BCUT2D eigenvalue weighted by Crippen LogP contribution is 2.42. The van der Waals surface area contributed by atoms with E-state index in [4.69, 9.17) is 0 Å². The highest BCUT2D eigenvalue weighted by molar-refractivity contribution is 5.70. The Labute approximate surface area is 154 Å². The molecule has 4 rings (SSSR count). The van der Waals surface area contributed by atoms with Crippen LogP contribution >= 0.6 is 0 Å². The van der Waals surface area contributed by atoms with E-state index in [1.807, 2.05) is 13.0 Å². The lowest BCUT2D eigenvalue weighted by molar-refractivity contribution is 0.149. The molecule has 5 nitrogen and oxygen atoms in total. The normalized spacial score (nSPS) is 20.3. The minimum atomic E-state index is -2.49. The summed E-state index contributed by atoms with van der Waals surface area (Å²) in [5.41, 5.74) is 3.19. The second-order valence-corrected chi connectivity index (χ2v) is 7.15. The Balaban J connectivity index is 1.56. The van der Waals surface area contributed by atoms with E-state index in [2.05, 4.69) is 19.9 Å². The highest BCUT2D eigenvalue weighted by Gasteiger charge is 2.28. The van der Waals surface area contributed by atoms with E-state index in [-0.39, 0.29) is 23.0 Å². The van der Waals surface area contributed by atoms with Gasteiger partial charge in [-0.05, 0) is 62.1 Å². The maximum Gasteiger partial charge on any atom is 0.264 e. The molecule has 3 aromatic rings. The quantitative estimate of drug-likeness (QED) is 0.742. The van der Waals surface area contributed by atoms with Crippen LogP contribution < -0.4 is 5.56 Å². The molecule has 0 aliphatic heterocycles. The lowest BCUT2D eigenvalue weighted by Gasteiger charge is -2.29. The van der Waals surface area contributed by atoms with Crippen LogP contribution in [0.1, 0.15) is 66.3 Å². The standard InChI is InChI=1S/C20H20F2N4O/c1-11-9-24-17-8-15(20(27)26-19(17)25-11)12-2-4-13(5-3-12)16-10-23-7-6-14(16)18(21)22/h6-10,12-13,18H,2-5H2,1H3,(H,25,26,27). The average Bonchev–Trinajstić information content (AvgIpc) is 2.67. The molecule has 0 unspecified atom stereocenters. The summed E-state index contributed by atoms with van der Waals surface area (Å²) in [5, 5.41) is 0. The molecule has 3 aromatic heterocycles. The maximum absolute atomic E-state index is 13.3. The number of H-pyrrole nitrogens is 1. The average molecular weight is 370 g/mol. The van der Waals surface area contributed by atoms with Crippen molar-refractivity contribution in [3.05, 3.63) is 63.5 Å². The summed E-state index contributed by atoms with van der Waals surface area (Å²) in [6.45, 7) is 1.83. The van der Waals surface area contributed by atoms with E-state index in [1.54, 1.807) is 12.4 Å². The van der Waals surface area contributed by atoms with Gasteiger partial charge in [0.05, 0.1) is 5.69 Å². The van der Waals surface area contributed by atoms with Crippen molar-refractivity contribution in [2.45, 2.75) is 50.9 Å². The molecule has 0 amide bonds. The topological polar surface area (TPSA) is 71.5 Å². The summed E-state index contributed by atoms with van der Waals surface area (Å²) in [5.74, 6) is 0.158. The van der Waals surface area contributed by atoms with Crippen molar-refractivity contribution < 1.29 is 8.78 Å². The summed E-state index contributed by atoms with van der Waals surface area (Å²) in [6.07, 6.45) is 5.22. The number of rotatable bonds is 3. The van der Waals surface area contributed by atoms with Crippen molar-refractivity contribution in [2.75, 3.05) is 0 Å². The van der Waals surface area contributed by atoms with E-state index < -0.39 is 6.43 Å². The molecule has 1 aliphatic carbocycles. The molecule has 0 radical (unpaired) electrons. The molecule has 27 heavy (non-hydrogen) atoms. The van der Waals surface area contributed by atoms with Gasteiger partial charge in [0.15, 0.2) is 5.65 Å². The van der Waals surface area contributed by atoms with Crippen LogP contribution in [0.25, 0.3) is 11.2 Å². The number of aryl methyl sites for hydroxylation is 1. The van der Waals surface area contributed by atoms with Crippen LogP contribution in [0.3, 0.4) is 0 Å². The van der Waals surface area contributed by atoms with Gasteiger partial charge in [0.2, 0.25) is 0 Å². The Morgan fingerprint density at radius 3 is 2.52 bits per heavy atom. The minimum Gasteiger partial charge on any atom is -0.305 e. The third kappa shape index (κ3) is 3.46. The zero-order valence-electron chi connectivity index (χ0n) is 15.0. The second kappa shape index (κ2) is 7.13. The van der Waals surface area contributed by atoms with Gasteiger partial charge in [-0.25, -0.2) is 13.8 Å². The second-order valence-electron chi connectivity index (χ2n) is 7.15. The van der Waals surface area contributed by atoms with E-state index in [0.717, 1.165) is 31.4 Å². The number of fused-ring (bicyclic) bond motifs is 1. The van der Waals surface area contributed by atoms with Crippen LogP contribution in [0.15, 0.2) is 35.5 Å². The van der Waals surface area contributed by atoms with E-state index >= 15 is 0 Å². The lowest BCUT2D eigenvalue weighted by Crippen LogP contribution is -2.21. The van der Waals surface area contributed by atoms with Crippen LogP contribution in [0.2, 0.25) is 0 Å². The molecule has 1 N–H and O–H groups in total. The summed E-state index contributed by atoms with van der Waals surface area (Å²) in [7, 11) is 0. The highest BCUT2D eigenvalue weighted by atomic mass is 19.3. The fourth-order valence-corrected chi connectivity index (χ4v) is 4.05. The first-order valence-corrected chi connectivity index (χ1v) is 9.11. The first-order valence-electron chi connectivity index (χ1n) is 9.11. The summed E-state index contributed by atoms with van der Waals surface area (Å²) in [4.78, 5) is 28.0. The van der Waals surface area contributed by atoms with E-state index in [1.165, 1.54) is 12.3 Å². The summed E-state index contributed by atoms with van der Waals surface area (Å²) in [6, 6.07) is 3.22. The van der Waals surface area contributed by atoms with Crippen LogP contribution in [0.4, 0.5) is 8.78 Å². The van der Waals surface area contributed by atoms with Crippen molar-refractivity contribution in [2.24, 2.45) is 0 Å². The van der Waals surface area contributed by atoms with Crippen molar-refractivity contribution in [3.8, 4) is 0 Å². The molecule has 140 valence electrons. The minimum absolute atomic E-state index is 0.0564. The molecule has 0 saturated heterocycles. The molecule has 0 aromatic carbocycles. The fourth-order valence-electron chi connectivity index (χ4n) is 4.05. The number of aromatic amines is 1. The van der Waals surface area contributed by atoms with Gasteiger partial charge >= 0.3 is 0 Å². The van der Waals surface area contributed by atoms with Crippen molar-refractivity contribution in [3.63, 3.8) is 0 Å². The number of nitrogens with zero attached hydrogens (tertiary/aromatic N) is 3. The number of alkyl halides is 2. The molecule has 0 spiro atoms. The van der Waals surface area contributed by atoms with Crippen LogP contribution in [0.5, 0.6) is 0 Å². The fraction of sp³-hybridized carbons (Fsp3) is 0.400. The van der Waals surface area contributed by atoms with Crippen LogP contribution in [0, 0.1) is 6.92 Å². The molecule has 3 heterocycles. The zero-order valence-corrected chi connectivity index (χ0v) is 15.0. The summed E-state index contributed by atoms with van der Waals surface area (Å²) >= 11 is 0. The largest absolute Gasteiger partial charge is 0.305 e. The van der Waals surface area contributed by atoms with Gasteiger partial charge in [0.25, 0.3) is 12.0 Å². The van der Waals surface area contributed by atoms with Crippen LogP contribution in [-0.4, -0.2) is 19.9 Å². The third-order valence-corrected chi connectivity index (χ3v) is 5.44. The number of aromatic nitrogens is 4. The number of nitrogens with one attached hydrogen (secondary N) is 1. The third-order valence-electron chi connectivity index (χ3n) is 5.44. The van der Waals surface area contributed by atoms with Gasteiger partial charge in [0, 0.05) is 29.7 Å². The predicted octanol–water partition coefficient (Wildman–Crippen LogP) is 4.40. The van der Waals surface area contributed by atoms with Gasteiger partial charge < -0.3 is 4.98 Å². The maximum atomic E-state index is 13.3. The number of pyridine rings is 2. The van der Waals surface area contributed by atoms with E-state index in [0.29, 0.717) is 22.3 Å². The Hall–Kier alpha value is -2.70. The molecular weight excluding hydrogens is 350 g/mol. The first kappa shape index (κ1) is 17.7. The number of halogens is 2. The van der Waals surface area contributed by atoms with Crippen molar-refractivity contribution in [1.82, 2.24) is 19.9 Å². The molecule has 0 bridgehead atoms. The lowest BCUT2D eigenvalue weighted by atomic mass is 9.76. The van der Waals surface area contributed by atoms with Crippen molar-refractivity contribution >= 4 is 11.2 Å². The molecule has 7 heteroatoms. The molecule has 1 aliphatic rings. The number of hydrogen-bond donors (Lipinski definition) is 1. The van der Waals surface area contributed by atoms with Gasteiger partial charge in [-0.2, -0.15) is 0 Å². The Morgan fingerprint density at radius 2 is 1.81 bits per heavy atom.